The number of hydrogen-bond donors (Lipinski definition) is 1. The molecule has 2 aliphatic rings. The summed E-state index contributed by atoms with van der Waals surface area (Å²) < 4.78 is 0. The predicted molar refractivity (Wildman–Crippen MR) is 118 cm³/mol. The molecule has 0 amide bonds. The molecule has 0 spiro atoms. The van der Waals surface area contributed by atoms with E-state index in [2.05, 4.69) is 43.4 Å². The summed E-state index contributed by atoms with van der Waals surface area (Å²) in [5, 5.41) is 17.1. The average molecular weight is 398 g/mol. The van der Waals surface area contributed by atoms with Crippen LogP contribution in [0.2, 0.25) is 0 Å². The number of rotatable bonds is 2. The van der Waals surface area contributed by atoms with Crippen LogP contribution in [0, 0.1) is 15.5 Å². The second-order valence-electron chi connectivity index (χ2n) is 9.01. The number of ketones is 1. The molecule has 3 aromatic carbocycles. The van der Waals surface area contributed by atoms with Gasteiger partial charge in [-0.3, -0.25) is 14.9 Å². The molecular formula is C25H22N2O3. The maximum atomic E-state index is 13.3. The minimum absolute atomic E-state index is 0.0318. The van der Waals surface area contributed by atoms with Crippen molar-refractivity contribution in [3.05, 3.63) is 87.5 Å². The molecule has 0 fully saturated rings. The van der Waals surface area contributed by atoms with E-state index in [1.807, 2.05) is 18.2 Å². The highest BCUT2D eigenvalue weighted by Gasteiger charge is 2.40. The van der Waals surface area contributed by atoms with Crippen LogP contribution in [0.1, 0.15) is 43.9 Å². The molecule has 0 radical (unpaired) electrons. The Morgan fingerprint density at radius 1 is 1.00 bits per heavy atom. The van der Waals surface area contributed by atoms with Gasteiger partial charge in [-0.1, -0.05) is 50.2 Å². The minimum Gasteiger partial charge on any atom is -0.373 e. The molecular weight excluding hydrogens is 376 g/mol. The monoisotopic (exact) mass is 398 g/mol. The van der Waals surface area contributed by atoms with Gasteiger partial charge in [-0.2, -0.15) is 0 Å². The van der Waals surface area contributed by atoms with E-state index in [0.717, 1.165) is 45.2 Å². The van der Waals surface area contributed by atoms with Crippen molar-refractivity contribution in [2.45, 2.75) is 32.7 Å². The van der Waals surface area contributed by atoms with Crippen LogP contribution < -0.4 is 5.32 Å². The lowest BCUT2D eigenvalue weighted by molar-refractivity contribution is -0.384. The van der Waals surface area contributed by atoms with Crippen molar-refractivity contribution in [2.75, 3.05) is 5.32 Å². The molecule has 1 N–H and O–H groups in total. The Morgan fingerprint density at radius 2 is 1.73 bits per heavy atom. The van der Waals surface area contributed by atoms with Gasteiger partial charge in [0.15, 0.2) is 5.78 Å². The Morgan fingerprint density at radius 3 is 2.47 bits per heavy atom. The Kier molecular flexibility index (Phi) is 4.03. The van der Waals surface area contributed by atoms with Crippen molar-refractivity contribution in [1.29, 1.82) is 0 Å². The van der Waals surface area contributed by atoms with Gasteiger partial charge in [0.2, 0.25) is 0 Å². The first-order chi connectivity index (χ1) is 14.3. The van der Waals surface area contributed by atoms with Crippen molar-refractivity contribution < 1.29 is 9.72 Å². The molecule has 5 rings (SSSR count). The molecule has 1 atom stereocenters. The largest absolute Gasteiger partial charge is 0.373 e. The highest BCUT2D eigenvalue weighted by atomic mass is 16.6. The molecule has 0 saturated carbocycles. The Labute approximate surface area is 174 Å². The third kappa shape index (κ3) is 2.98. The number of anilines is 1. The number of nitro groups is 1. The Bertz CT molecular complexity index is 1260. The molecule has 5 nitrogen and oxygen atoms in total. The highest BCUT2D eigenvalue weighted by Crippen LogP contribution is 2.51. The molecule has 1 aliphatic heterocycles. The van der Waals surface area contributed by atoms with Crippen molar-refractivity contribution in [2.24, 2.45) is 5.41 Å². The van der Waals surface area contributed by atoms with E-state index in [-0.39, 0.29) is 16.9 Å². The van der Waals surface area contributed by atoms with E-state index in [4.69, 9.17) is 0 Å². The number of nitro benzene ring substituents is 1. The fourth-order valence-electron chi connectivity index (χ4n) is 4.81. The third-order valence-corrected chi connectivity index (χ3v) is 6.13. The van der Waals surface area contributed by atoms with Gasteiger partial charge < -0.3 is 5.32 Å². The average Bonchev–Trinajstić information content (AvgIpc) is 2.71. The molecule has 0 saturated heterocycles. The van der Waals surface area contributed by atoms with Crippen molar-refractivity contribution in [1.82, 2.24) is 0 Å². The van der Waals surface area contributed by atoms with E-state index in [1.165, 1.54) is 6.07 Å². The number of carbonyl (C=O) groups excluding carboxylic acids is 1. The summed E-state index contributed by atoms with van der Waals surface area (Å²) in [5.74, 6) is 0.115. The maximum absolute atomic E-state index is 13.3. The predicted octanol–water partition coefficient (Wildman–Crippen LogP) is 6.06. The summed E-state index contributed by atoms with van der Waals surface area (Å²) in [6.45, 7) is 4.25. The zero-order valence-corrected chi connectivity index (χ0v) is 16.9. The van der Waals surface area contributed by atoms with E-state index >= 15 is 0 Å². The normalized spacial score (nSPS) is 19.8. The summed E-state index contributed by atoms with van der Waals surface area (Å²) in [7, 11) is 0. The molecule has 3 aromatic rings. The number of nitrogens with one attached hydrogen (secondary N) is 1. The van der Waals surface area contributed by atoms with Crippen LogP contribution in [0.15, 0.2) is 66.2 Å². The van der Waals surface area contributed by atoms with E-state index < -0.39 is 11.0 Å². The van der Waals surface area contributed by atoms with Crippen LogP contribution >= 0.6 is 0 Å². The summed E-state index contributed by atoms with van der Waals surface area (Å²) in [5.41, 5.74) is 4.49. The first-order valence-corrected chi connectivity index (χ1v) is 10.1. The first kappa shape index (κ1) is 18.6. The van der Waals surface area contributed by atoms with Crippen molar-refractivity contribution >= 4 is 33.5 Å². The molecule has 1 heterocycles. The summed E-state index contributed by atoms with van der Waals surface area (Å²) in [6.07, 6.45) is 1.27. The SMILES string of the molecule is CC1(C)CC(=O)C2=C(C1)c1cc3ccccc3cc1N[C@@H]2c1cccc([N+](=O)[O-])c1. The topological polar surface area (TPSA) is 72.2 Å². The highest BCUT2D eigenvalue weighted by molar-refractivity contribution is 6.10. The fourth-order valence-corrected chi connectivity index (χ4v) is 4.81. The molecule has 0 bridgehead atoms. The van der Waals surface area contributed by atoms with Crippen molar-refractivity contribution in [3.8, 4) is 0 Å². The summed E-state index contributed by atoms with van der Waals surface area (Å²) >= 11 is 0. The van der Waals surface area contributed by atoms with Crippen LogP contribution in [-0.2, 0) is 4.79 Å². The number of nitrogens with zero attached hydrogens (tertiary/aromatic N) is 1. The molecule has 150 valence electrons. The van der Waals surface area contributed by atoms with Crippen LogP contribution in [0.4, 0.5) is 11.4 Å². The lowest BCUT2D eigenvalue weighted by Crippen LogP contribution is -2.33. The number of allylic oxidation sites excluding steroid dienone is 1. The van der Waals surface area contributed by atoms with E-state index in [1.54, 1.807) is 12.1 Å². The Balaban J connectivity index is 1.75. The van der Waals surface area contributed by atoms with Crippen LogP contribution in [0.3, 0.4) is 0 Å². The third-order valence-electron chi connectivity index (χ3n) is 6.13. The van der Waals surface area contributed by atoms with Gasteiger partial charge in [0.25, 0.3) is 5.69 Å². The van der Waals surface area contributed by atoms with Crippen molar-refractivity contribution in [3.63, 3.8) is 0 Å². The Hall–Kier alpha value is -3.47. The number of carbonyl (C=O) groups is 1. The summed E-state index contributed by atoms with van der Waals surface area (Å²) in [4.78, 5) is 24.2. The van der Waals surface area contributed by atoms with Gasteiger partial charge in [-0.15, -0.1) is 0 Å². The standard InChI is InChI=1S/C25H22N2O3/c1-25(2)13-20-19-11-15-6-3-4-7-16(15)12-21(19)26-24(23(20)22(28)14-25)17-8-5-9-18(10-17)27(29)30/h3-12,24,26H,13-14H2,1-2H3/t24-/m1/s1. The van der Waals surface area contributed by atoms with Gasteiger partial charge in [-0.05, 0) is 45.9 Å². The number of hydrogen-bond acceptors (Lipinski definition) is 4. The van der Waals surface area contributed by atoms with Gasteiger partial charge in [0.05, 0.1) is 11.0 Å². The van der Waals surface area contributed by atoms with E-state index in [0.29, 0.717) is 6.42 Å². The summed E-state index contributed by atoms with van der Waals surface area (Å²) in [6, 6.07) is 18.6. The number of Topliss-reactive ketones (excluding diaryl/α,β-unsaturated/α-hetero) is 1. The molecule has 0 aromatic heterocycles. The lowest BCUT2D eigenvalue weighted by atomic mass is 9.68. The van der Waals surface area contributed by atoms with Gasteiger partial charge in [-0.25, -0.2) is 0 Å². The molecule has 1 aliphatic carbocycles. The second-order valence-corrected chi connectivity index (χ2v) is 9.01. The maximum Gasteiger partial charge on any atom is 0.269 e. The second kappa shape index (κ2) is 6.52. The van der Waals surface area contributed by atoms with Gasteiger partial charge >= 0.3 is 0 Å². The van der Waals surface area contributed by atoms with E-state index in [9.17, 15) is 14.9 Å². The molecule has 5 heteroatoms. The first-order valence-electron chi connectivity index (χ1n) is 10.1. The van der Waals surface area contributed by atoms with Gasteiger partial charge in [0.1, 0.15) is 0 Å². The van der Waals surface area contributed by atoms with Crippen LogP contribution in [0.5, 0.6) is 0 Å². The molecule has 0 unspecified atom stereocenters. The zero-order chi connectivity index (χ0) is 21.0. The van der Waals surface area contributed by atoms with Gasteiger partial charge in [0, 0.05) is 35.4 Å². The fraction of sp³-hybridized carbons (Fsp3) is 0.240. The molecule has 30 heavy (non-hydrogen) atoms. The lowest BCUT2D eigenvalue weighted by Gasteiger charge is -2.39. The van der Waals surface area contributed by atoms with Crippen LogP contribution in [-0.4, -0.2) is 10.7 Å². The quantitative estimate of drug-likeness (QED) is 0.421. The smallest absolute Gasteiger partial charge is 0.269 e. The number of fused-ring (bicyclic) bond motifs is 3. The zero-order valence-electron chi connectivity index (χ0n) is 16.9. The number of benzene rings is 3. The number of non-ortho nitro benzene ring substituents is 1. The minimum atomic E-state index is -0.394. The van der Waals surface area contributed by atoms with Crippen LogP contribution in [0.25, 0.3) is 16.3 Å².